The zero-order valence-corrected chi connectivity index (χ0v) is 15.1. The molecule has 7 heteroatoms. The van der Waals surface area contributed by atoms with Gasteiger partial charge in [-0.05, 0) is 43.9 Å². The number of thiophene rings is 2. The lowest BCUT2D eigenvalue weighted by Crippen LogP contribution is -2.16. The van der Waals surface area contributed by atoms with E-state index in [9.17, 15) is 9.59 Å². The molecule has 0 bridgehead atoms. The molecule has 0 unspecified atom stereocenters. The van der Waals surface area contributed by atoms with E-state index >= 15 is 0 Å². The summed E-state index contributed by atoms with van der Waals surface area (Å²) >= 11 is 3.00. The first-order valence-corrected chi connectivity index (χ1v) is 9.07. The van der Waals surface area contributed by atoms with Gasteiger partial charge in [-0.3, -0.25) is 4.79 Å². The molecular weight excluding hydrogens is 344 g/mol. The molecule has 124 valence electrons. The maximum absolute atomic E-state index is 12.3. The molecule has 0 saturated heterocycles. The average Bonchev–Trinajstić information content (AvgIpc) is 3.14. The number of rotatable bonds is 4. The number of carbonyl (C=O) groups excluding carboxylic acids is 1. The predicted octanol–water partition coefficient (Wildman–Crippen LogP) is 3.98. The van der Waals surface area contributed by atoms with Crippen molar-refractivity contribution in [1.29, 1.82) is 0 Å². The highest BCUT2D eigenvalue weighted by atomic mass is 32.1. The highest BCUT2D eigenvalue weighted by molar-refractivity contribution is 7.18. The van der Waals surface area contributed by atoms with Crippen molar-refractivity contribution >= 4 is 44.9 Å². The van der Waals surface area contributed by atoms with Crippen LogP contribution >= 0.6 is 22.7 Å². The molecule has 0 aromatic carbocycles. The zero-order valence-electron chi connectivity index (χ0n) is 13.5. The molecular formula is C17H16N2O3S2. The third-order valence-electron chi connectivity index (χ3n) is 3.66. The molecule has 5 nitrogen and oxygen atoms in total. The number of aromatic amines is 1. The Labute approximate surface area is 146 Å². The van der Waals surface area contributed by atoms with E-state index in [-0.39, 0.29) is 5.56 Å². The third-order valence-corrected chi connectivity index (χ3v) is 5.60. The van der Waals surface area contributed by atoms with E-state index in [0.29, 0.717) is 16.0 Å². The lowest BCUT2D eigenvalue weighted by Gasteiger charge is -2.10. The molecule has 0 aliphatic heterocycles. The first-order chi connectivity index (χ1) is 11.5. The molecule has 1 atom stereocenters. The van der Waals surface area contributed by atoms with Gasteiger partial charge in [0.05, 0.1) is 5.39 Å². The molecule has 0 aliphatic carbocycles. The van der Waals surface area contributed by atoms with Crippen molar-refractivity contribution in [3.8, 4) is 0 Å². The number of carbonyl (C=O) groups is 1. The van der Waals surface area contributed by atoms with Crippen molar-refractivity contribution in [1.82, 2.24) is 9.97 Å². The van der Waals surface area contributed by atoms with Gasteiger partial charge in [0.25, 0.3) is 5.56 Å². The van der Waals surface area contributed by atoms with Gasteiger partial charge in [-0.25, -0.2) is 9.78 Å². The van der Waals surface area contributed by atoms with Gasteiger partial charge < -0.3 is 9.72 Å². The summed E-state index contributed by atoms with van der Waals surface area (Å²) in [4.78, 5) is 34.0. The van der Waals surface area contributed by atoms with Gasteiger partial charge in [0.15, 0.2) is 11.9 Å². The van der Waals surface area contributed by atoms with Gasteiger partial charge in [0, 0.05) is 15.8 Å². The number of esters is 1. The van der Waals surface area contributed by atoms with Crippen molar-refractivity contribution < 1.29 is 9.53 Å². The number of hydrogen-bond acceptors (Lipinski definition) is 6. The number of nitrogens with one attached hydrogen (secondary N) is 1. The van der Waals surface area contributed by atoms with Gasteiger partial charge >= 0.3 is 5.97 Å². The lowest BCUT2D eigenvalue weighted by atomic mass is 10.2. The van der Waals surface area contributed by atoms with Crippen LogP contribution in [0, 0.1) is 13.8 Å². The Morgan fingerprint density at radius 1 is 1.42 bits per heavy atom. The highest BCUT2D eigenvalue weighted by Crippen LogP contribution is 2.26. The molecule has 3 rings (SSSR count). The van der Waals surface area contributed by atoms with Gasteiger partial charge in [-0.1, -0.05) is 6.07 Å². The van der Waals surface area contributed by atoms with Crippen LogP contribution in [0.1, 0.15) is 34.2 Å². The molecule has 0 spiro atoms. The fraction of sp³-hybridized carbons (Fsp3) is 0.235. The Morgan fingerprint density at radius 3 is 2.92 bits per heavy atom. The SMILES string of the molecule is Cc1sc2nc([C@@H](C)OC(=O)/C=C/c3cccs3)[nH]c(=O)c2c1C. The minimum atomic E-state index is -0.634. The van der Waals surface area contributed by atoms with Crippen LogP contribution in [0.4, 0.5) is 0 Å². The molecule has 3 heterocycles. The van der Waals surface area contributed by atoms with Crippen molar-refractivity contribution in [2.45, 2.75) is 26.9 Å². The van der Waals surface area contributed by atoms with Crippen molar-refractivity contribution in [2.75, 3.05) is 0 Å². The highest BCUT2D eigenvalue weighted by Gasteiger charge is 2.17. The van der Waals surface area contributed by atoms with Gasteiger partial charge in [-0.15, -0.1) is 22.7 Å². The number of hydrogen-bond donors (Lipinski definition) is 1. The second kappa shape index (κ2) is 6.70. The van der Waals surface area contributed by atoms with E-state index in [0.717, 1.165) is 15.3 Å². The summed E-state index contributed by atoms with van der Waals surface area (Å²) < 4.78 is 5.33. The average molecular weight is 360 g/mol. The summed E-state index contributed by atoms with van der Waals surface area (Å²) in [5.74, 6) is -0.121. The zero-order chi connectivity index (χ0) is 17.3. The maximum Gasteiger partial charge on any atom is 0.331 e. The predicted molar refractivity (Wildman–Crippen MR) is 97.6 cm³/mol. The standard InChI is InChI=1S/C17H16N2O3S2/c1-9-11(3)24-17-14(9)16(21)18-15(19-17)10(2)22-13(20)7-6-12-5-4-8-23-12/h4-8,10H,1-3H3,(H,18,19,21)/b7-6+/t10-/m1/s1. The summed E-state index contributed by atoms with van der Waals surface area (Å²) in [6.07, 6.45) is 2.44. The van der Waals surface area contributed by atoms with E-state index in [1.165, 1.54) is 28.7 Å². The summed E-state index contributed by atoms with van der Waals surface area (Å²) in [5.41, 5.74) is 0.743. The van der Waals surface area contributed by atoms with Crippen molar-refractivity contribution in [3.63, 3.8) is 0 Å². The van der Waals surface area contributed by atoms with E-state index in [1.54, 1.807) is 13.0 Å². The van der Waals surface area contributed by atoms with Gasteiger partial charge in [-0.2, -0.15) is 0 Å². The van der Waals surface area contributed by atoms with Crippen LogP contribution in [0.5, 0.6) is 0 Å². The Hall–Kier alpha value is -2.25. The third kappa shape index (κ3) is 3.32. The normalized spacial score (nSPS) is 12.8. The quantitative estimate of drug-likeness (QED) is 0.564. The summed E-state index contributed by atoms with van der Waals surface area (Å²) in [6.45, 7) is 5.55. The fourth-order valence-corrected chi connectivity index (χ4v) is 3.92. The molecule has 0 radical (unpaired) electrons. The van der Waals surface area contributed by atoms with E-state index in [2.05, 4.69) is 9.97 Å². The fourth-order valence-electron chi connectivity index (χ4n) is 2.27. The lowest BCUT2D eigenvalue weighted by molar-refractivity contribution is -0.142. The molecule has 0 amide bonds. The van der Waals surface area contributed by atoms with Crippen LogP contribution in [0.25, 0.3) is 16.3 Å². The Morgan fingerprint density at radius 2 is 2.21 bits per heavy atom. The van der Waals surface area contributed by atoms with Crippen LogP contribution in [-0.2, 0) is 9.53 Å². The van der Waals surface area contributed by atoms with Crippen LogP contribution in [-0.4, -0.2) is 15.9 Å². The number of H-pyrrole nitrogens is 1. The van der Waals surface area contributed by atoms with Crippen LogP contribution in [0.3, 0.4) is 0 Å². The van der Waals surface area contributed by atoms with E-state index in [1.807, 2.05) is 31.4 Å². The Balaban J connectivity index is 1.80. The molecule has 1 N–H and O–H groups in total. The Kier molecular flexibility index (Phi) is 4.64. The number of aromatic nitrogens is 2. The summed E-state index contributed by atoms with van der Waals surface area (Å²) in [6, 6.07) is 3.82. The molecule has 0 fully saturated rings. The molecule has 24 heavy (non-hydrogen) atoms. The molecule has 3 aromatic heterocycles. The smallest absolute Gasteiger partial charge is 0.331 e. The monoisotopic (exact) mass is 360 g/mol. The molecule has 0 saturated carbocycles. The van der Waals surface area contributed by atoms with E-state index < -0.39 is 12.1 Å². The van der Waals surface area contributed by atoms with Crippen LogP contribution in [0.15, 0.2) is 28.4 Å². The number of aryl methyl sites for hydroxylation is 2. The topological polar surface area (TPSA) is 72.0 Å². The minimum absolute atomic E-state index is 0.200. The molecule has 0 aliphatic rings. The number of ether oxygens (including phenoxy) is 1. The minimum Gasteiger partial charge on any atom is -0.451 e. The first-order valence-electron chi connectivity index (χ1n) is 7.38. The second-order valence-corrected chi connectivity index (χ2v) is 7.52. The van der Waals surface area contributed by atoms with Crippen molar-refractivity contribution in [3.05, 3.63) is 55.1 Å². The number of nitrogens with zero attached hydrogens (tertiary/aromatic N) is 1. The van der Waals surface area contributed by atoms with Crippen LogP contribution in [0.2, 0.25) is 0 Å². The number of fused-ring (bicyclic) bond motifs is 1. The van der Waals surface area contributed by atoms with Gasteiger partial charge in [0.2, 0.25) is 0 Å². The van der Waals surface area contributed by atoms with Gasteiger partial charge in [0.1, 0.15) is 4.83 Å². The molecule has 3 aromatic rings. The Bertz CT molecular complexity index is 968. The van der Waals surface area contributed by atoms with Crippen LogP contribution < -0.4 is 5.56 Å². The van der Waals surface area contributed by atoms with E-state index in [4.69, 9.17) is 4.74 Å². The largest absolute Gasteiger partial charge is 0.451 e. The summed E-state index contributed by atoms with van der Waals surface area (Å²) in [5, 5.41) is 2.54. The first kappa shape index (κ1) is 16.6. The van der Waals surface area contributed by atoms with Crippen molar-refractivity contribution in [2.24, 2.45) is 0 Å². The maximum atomic E-state index is 12.3. The summed E-state index contributed by atoms with van der Waals surface area (Å²) in [7, 11) is 0. The second-order valence-electron chi connectivity index (χ2n) is 5.34.